The summed E-state index contributed by atoms with van der Waals surface area (Å²) < 4.78 is 10.1. The molecule has 1 fully saturated rings. The molecule has 1 aliphatic rings. The fraction of sp³-hybridized carbons (Fsp3) is 0.467. The molecule has 1 saturated carbocycles. The van der Waals surface area contributed by atoms with Crippen molar-refractivity contribution in [3.63, 3.8) is 0 Å². The van der Waals surface area contributed by atoms with Crippen molar-refractivity contribution >= 4 is 17.6 Å². The first-order chi connectivity index (χ1) is 10.1. The van der Waals surface area contributed by atoms with E-state index in [9.17, 15) is 9.59 Å². The zero-order valence-corrected chi connectivity index (χ0v) is 12.1. The molecule has 1 aromatic carbocycles. The molecule has 0 atom stereocenters. The first kappa shape index (κ1) is 15.2. The van der Waals surface area contributed by atoms with E-state index in [1.165, 1.54) is 19.2 Å². The number of benzene rings is 1. The number of hydrogen-bond donors (Lipinski definition) is 2. The first-order valence-electron chi connectivity index (χ1n) is 7.00. The molecule has 0 unspecified atom stereocenters. The van der Waals surface area contributed by atoms with Crippen LogP contribution in [0, 0.1) is 0 Å². The summed E-state index contributed by atoms with van der Waals surface area (Å²) >= 11 is 0. The number of esters is 1. The summed E-state index contributed by atoms with van der Waals surface area (Å²) in [4.78, 5) is 23.4. The van der Waals surface area contributed by atoms with Crippen LogP contribution in [0.5, 0.6) is 5.75 Å². The maximum absolute atomic E-state index is 11.8. The topological polar surface area (TPSA) is 90.7 Å². The van der Waals surface area contributed by atoms with Gasteiger partial charge in [-0.2, -0.15) is 0 Å². The molecule has 0 aromatic heterocycles. The molecule has 3 N–H and O–H groups in total. The van der Waals surface area contributed by atoms with E-state index in [1.807, 2.05) is 0 Å². The molecule has 1 aliphatic carbocycles. The summed E-state index contributed by atoms with van der Waals surface area (Å²) in [6, 6.07) is 4.85. The lowest BCUT2D eigenvalue weighted by Crippen LogP contribution is -2.36. The van der Waals surface area contributed by atoms with Gasteiger partial charge in [0.15, 0.2) is 6.61 Å². The largest absolute Gasteiger partial charge is 0.483 e. The molecule has 0 saturated heterocycles. The Bertz CT molecular complexity index is 524. The zero-order valence-electron chi connectivity index (χ0n) is 12.1. The molecule has 0 spiro atoms. The molecule has 0 aliphatic heterocycles. The van der Waals surface area contributed by atoms with E-state index >= 15 is 0 Å². The van der Waals surface area contributed by atoms with Gasteiger partial charge in [0, 0.05) is 17.8 Å². The summed E-state index contributed by atoms with van der Waals surface area (Å²) in [5, 5.41) is 2.92. The van der Waals surface area contributed by atoms with Gasteiger partial charge >= 0.3 is 5.97 Å². The molecule has 1 amide bonds. The SMILES string of the molecule is COC(=O)c1ccc(N)cc1OCC(=O)NC1CCCC1. The van der Waals surface area contributed by atoms with Gasteiger partial charge in [-0.25, -0.2) is 4.79 Å². The van der Waals surface area contributed by atoms with E-state index in [-0.39, 0.29) is 29.9 Å². The number of rotatable bonds is 5. The van der Waals surface area contributed by atoms with Crippen molar-refractivity contribution in [1.29, 1.82) is 0 Å². The van der Waals surface area contributed by atoms with Crippen molar-refractivity contribution in [2.75, 3.05) is 19.5 Å². The summed E-state index contributed by atoms with van der Waals surface area (Å²) in [5.41, 5.74) is 6.38. The summed E-state index contributed by atoms with van der Waals surface area (Å²) in [6.07, 6.45) is 4.32. The van der Waals surface area contributed by atoms with Crippen LogP contribution in [-0.4, -0.2) is 31.6 Å². The maximum atomic E-state index is 11.8. The molecular formula is C15H20N2O4. The number of nitrogens with one attached hydrogen (secondary N) is 1. The lowest BCUT2D eigenvalue weighted by Gasteiger charge is -2.14. The Labute approximate surface area is 123 Å². The highest BCUT2D eigenvalue weighted by Gasteiger charge is 2.18. The van der Waals surface area contributed by atoms with E-state index in [1.54, 1.807) is 6.07 Å². The maximum Gasteiger partial charge on any atom is 0.341 e. The third-order valence-electron chi connectivity index (χ3n) is 3.49. The van der Waals surface area contributed by atoms with Crippen LogP contribution in [0.3, 0.4) is 0 Å². The molecule has 21 heavy (non-hydrogen) atoms. The average molecular weight is 292 g/mol. The number of carbonyl (C=O) groups is 2. The van der Waals surface area contributed by atoms with Gasteiger partial charge < -0.3 is 20.5 Å². The quantitative estimate of drug-likeness (QED) is 0.634. The van der Waals surface area contributed by atoms with Crippen molar-refractivity contribution in [2.45, 2.75) is 31.7 Å². The van der Waals surface area contributed by atoms with Crippen LogP contribution in [-0.2, 0) is 9.53 Å². The van der Waals surface area contributed by atoms with Crippen LogP contribution in [0.2, 0.25) is 0 Å². The predicted molar refractivity (Wildman–Crippen MR) is 78.1 cm³/mol. The number of amides is 1. The molecule has 0 bridgehead atoms. The van der Waals surface area contributed by atoms with Crippen LogP contribution in [0.1, 0.15) is 36.0 Å². The molecular weight excluding hydrogens is 272 g/mol. The number of methoxy groups -OCH3 is 1. The monoisotopic (exact) mass is 292 g/mol. The molecule has 0 heterocycles. The highest BCUT2D eigenvalue weighted by Crippen LogP contribution is 2.23. The fourth-order valence-corrected chi connectivity index (χ4v) is 2.42. The fourth-order valence-electron chi connectivity index (χ4n) is 2.42. The number of nitrogens with two attached hydrogens (primary N) is 1. The molecule has 0 radical (unpaired) electrons. The standard InChI is InChI=1S/C15H20N2O4/c1-20-15(19)12-7-6-10(16)8-13(12)21-9-14(18)17-11-4-2-3-5-11/h6-8,11H,2-5,9,16H2,1H3,(H,17,18). The minimum atomic E-state index is -0.527. The molecule has 1 aromatic rings. The van der Waals surface area contributed by atoms with Crippen molar-refractivity contribution in [1.82, 2.24) is 5.32 Å². The van der Waals surface area contributed by atoms with Crippen LogP contribution < -0.4 is 15.8 Å². The highest BCUT2D eigenvalue weighted by atomic mass is 16.5. The Kier molecular flexibility index (Phi) is 5.03. The van der Waals surface area contributed by atoms with Crippen molar-refractivity contribution in [3.05, 3.63) is 23.8 Å². The second kappa shape index (κ2) is 6.97. The van der Waals surface area contributed by atoms with Gasteiger partial charge in [-0.3, -0.25) is 4.79 Å². The Morgan fingerprint density at radius 2 is 2.05 bits per heavy atom. The second-order valence-electron chi connectivity index (χ2n) is 5.08. The Morgan fingerprint density at radius 1 is 1.33 bits per heavy atom. The smallest absolute Gasteiger partial charge is 0.341 e. The molecule has 6 heteroatoms. The van der Waals surface area contributed by atoms with Gasteiger partial charge in [-0.05, 0) is 25.0 Å². The molecule has 2 rings (SSSR count). The third-order valence-corrected chi connectivity index (χ3v) is 3.49. The van der Waals surface area contributed by atoms with E-state index < -0.39 is 5.97 Å². The predicted octanol–water partition coefficient (Wildman–Crippen LogP) is 1.49. The van der Waals surface area contributed by atoms with E-state index in [2.05, 4.69) is 10.1 Å². The van der Waals surface area contributed by atoms with Crippen LogP contribution in [0.25, 0.3) is 0 Å². The van der Waals surface area contributed by atoms with Crippen molar-refractivity contribution in [2.24, 2.45) is 0 Å². The summed E-state index contributed by atoms with van der Waals surface area (Å²) in [7, 11) is 1.29. The van der Waals surface area contributed by atoms with Gasteiger partial charge in [0.1, 0.15) is 11.3 Å². The lowest BCUT2D eigenvalue weighted by atomic mass is 10.2. The number of nitrogen functional groups attached to an aromatic ring is 1. The van der Waals surface area contributed by atoms with E-state index in [0.717, 1.165) is 25.7 Å². The van der Waals surface area contributed by atoms with Crippen LogP contribution in [0.4, 0.5) is 5.69 Å². The van der Waals surface area contributed by atoms with E-state index in [4.69, 9.17) is 10.5 Å². The van der Waals surface area contributed by atoms with Crippen molar-refractivity contribution in [3.8, 4) is 5.75 Å². The highest BCUT2D eigenvalue weighted by molar-refractivity contribution is 5.93. The zero-order chi connectivity index (χ0) is 15.2. The Morgan fingerprint density at radius 3 is 2.71 bits per heavy atom. The van der Waals surface area contributed by atoms with Gasteiger partial charge in [0.05, 0.1) is 7.11 Å². The Hall–Kier alpha value is -2.24. The summed E-state index contributed by atoms with van der Waals surface area (Å²) in [5.74, 6) is -0.468. The average Bonchev–Trinajstić information content (AvgIpc) is 2.97. The van der Waals surface area contributed by atoms with Crippen LogP contribution >= 0.6 is 0 Å². The third kappa shape index (κ3) is 4.11. The van der Waals surface area contributed by atoms with Crippen molar-refractivity contribution < 1.29 is 19.1 Å². The second-order valence-corrected chi connectivity index (χ2v) is 5.08. The Balaban J connectivity index is 1.96. The minimum Gasteiger partial charge on any atom is -0.483 e. The van der Waals surface area contributed by atoms with Gasteiger partial charge in [-0.1, -0.05) is 12.8 Å². The number of anilines is 1. The number of ether oxygens (including phenoxy) is 2. The number of carbonyl (C=O) groups excluding carboxylic acids is 2. The van der Waals surface area contributed by atoms with Gasteiger partial charge in [-0.15, -0.1) is 0 Å². The number of hydrogen-bond acceptors (Lipinski definition) is 5. The summed E-state index contributed by atoms with van der Waals surface area (Å²) in [6.45, 7) is -0.149. The van der Waals surface area contributed by atoms with Crippen LogP contribution in [0.15, 0.2) is 18.2 Å². The molecule has 114 valence electrons. The van der Waals surface area contributed by atoms with Gasteiger partial charge in [0.2, 0.25) is 0 Å². The minimum absolute atomic E-state index is 0.149. The van der Waals surface area contributed by atoms with E-state index in [0.29, 0.717) is 5.69 Å². The molecule has 6 nitrogen and oxygen atoms in total. The lowest BCUT2D eigenvalue weighted by molar-refractivity contribution is -0.123. The van der Waals surface area contributed by atoms with Gasteiger partial charge in [0.25, 0.3) is 5.91 Å². The first-order valence-corrected chi connectivity index (χ1v) is 7.00. The normalized spacial score (nSPS) is 14.7.